The predicted molar refractivity (Wildman–Crippen MR) is 68.9 cm³/mol. The third kappa shape index (κ3) is 3.96. The van der Waals surface area contributed by atoms with Crippen LogP contribution in [0.2, 0.25) is 0 Å². The van der Waals surface area contributed by atoms with Crippen molar-refractivity contribution in [1.82, 2.24) is 15.5 Å². The second kappa shape index (κ2) is 6.36. The molecule has 0 aliphatic carbocycles. The number of carbonyl (C=O) groups excluding carboxylic acids is 1. The molecule has 0 aromatic carbocycles. The van der Waals surface area contributed by atoms with Crippen molar-refractivity contribution in [2.75, 3.05) is 32.7 Å². The molecule has 0 saturated carbocycles. The molecule has 1 amide bonds. The van der Waals surface area contributed by atoms with Gasteiger partial charge < -0.3 is 15.5 Å². The Hall–Kier alpha value is -0.610. The van der Waals surface area contributed by atoms with E-state index in [1.54, 1.807) is 0 Å². The van der Waals surface area contributed by atoms with Gasteiger partial charge in [-0.05, 0) is 51.7 Å². The third-order valence-corrected chi connectivity index (χ3v) is 3.88. The Morgan fingerprint density at radius 1 is 1.47 bits per heavy atom. The summed E-state index contributed by atoms with van der Waals surface area (Å²) in [6.07, 6.45) is 4.35. The molecule has 4 heteroatoms. The van der Waals surface area contributed by atoms with Crippen molar-refractivity contribution in [2.24, 2.45) is 5.92 Å². The van der Waals surface area contributed by atoms with Gasteiger partial charge in [0.05, 0.1) is 0 Å². The van der Waals surface area contributed by atoms with E-state index in [2.05, 4.69) is 17.6 Å². The van der Waals surface area contributed by atoms with Crippen LogP contribution in [0.5, 0.6) is 0 Å². The Balaban J connectivity index is 1.62. The number of piperidine rings is 1. The minimum absolute atomic E-state index is 0.334. The topological polar surface area (TPSA) is 44.4 Å². The van der Waals surface area contributed by atoms with Gasteiger partial charge in [-0.2, -0.15) is 0 Å². The highest BCUT2D eigenvalue weighted by Gasteiger charge is 2.22. The van der Waals surface area contributed by atoms with Crippen LogP contribution in [0.4, 0.5) is 0 Å². The maximum Gasteiger partial charge on any atom is 0.222 e. The van der Waals surface area contributed by atoms with Gasteiger partial charge >= 0.3 is 0 Å². The van der Waals surface area contributed by atoms with Crippen molar-refractivity contribution in [3.63, 3.8) is 0 Å². The quantitative estimate of drug-likeness (QED) is 0.738. The summed E-state index contributed by atoms with van der Waals surface area (Å²) >= 11 is 0. The van der Waals surface area contributed by atoms with Gasteiger partial charge in [-0.3, -0.25) is 4.79 Å². The van der Waals surface area contributed by atoms with E-state index in [1.165, 1.54) is 12.8 Å². The largest absolute Gasteiger partial charge is 0.341 e. The van der Waals surface area contributed by atoms with E-state index >= 15 is 0 Å². The van der Waals surface area contributed by atoms with Gasteiger partial charge in [-0.1, -0.05) is 0 Å². The fraction of sp³-hybridized carbons (Fsp3) is 0.923. The summed E-state index contributed by atoms with van der Waals surface area (Å²) in [5.41, 5.74) is 0. The highest BCUT2D eigenvalue weighted by Crippen LogP contribution is 2.12. The minimum atomic E-state index is 0.334. The summed E-state index contributed by atoms with van der Waals surface area (Å²) in [4.78, 5) is 13.5. The number of amides is 1. The van der Waals surface area contributed by atoms with E-state index in [1.807, 2.05) is 4.90 Å². The van der Waals surface area contributed by atoms with E-state index in [-0.39, 0.29) is 0 Å². The molecule has 2 aliphatic heterocycles. The first-order valence-electron chi connectivity index (χ1n) is 6.97. The zero-order chi connectivity index (χ0) is 12.1. The van der Waals surface area contributed by atoms with E-state index in [9.17, 15) is 4.79 Å². The van der Waals surface area contributed by atoms with Crippen LogP contribution >= 0.6 is 0 Å². The first-order chi connectivity index (χ1) is 8.25. The van der Waals surface area contributed by atoms with E-state index in [0.717, 1.165) is 51.5 Å². The summed E-state index contributed by atoms with van der Waals surface area (Å²) in [5, 5.41) is 6.96. The Labute approximate surface area is 104 Å². The zero-order valence-corrected chi connectivity index (χ0v) is 10.9. The first-order valence-corrected chi connectivity index (χ1v) is 6.97. The Kier molecular flexibility index (Phi) is 4.80. The molecule has 4 nitrogen and oxygen atoms in total. The number of rotatable bonds is 5. The lowest BCUT2D eigenvalue weighted by Crippen LogP contribution is -2.43. The summed E-state index contributed by atoms with van der Waals surface area (Å²) in [5.74, 6) is 1.15. The molecule has 2 heterocycles. The van der Waals surface area contributed by atoms with Crippen molar-refractivity contribution >= 4 is 5.91 Å². The van der Waals surface area contributed by atoms with Crippen molar-refractivity contribution in [1.29, 1.82) is 0 Å². The molecule has 1 unspecified atom stereocenters. The van der Waals surface area contributed by atoms with Crippen molar-refractivity contribution in [3.8, 4) is 0 Å². The Morgan fingerprint density at radius 3 is 2.88 bits per heavy atom. The number of likely N-dealkylation sites (tertiary alicyclic amines) is 1. The van der Waals surface area contributed by atoms with E-state index < -0.39 is 0 Å². The van der Waals surface area contributed by atoms with Crippen LogP contribution in [-0.2, 0) is 4.79 Å². The molecule has 0 radical (unpaired) electrons. The van der Waals surface area contributed by atoms with Crippen LogP contribution in [0.25, 0.3) is 0 Å². The molecule has 2 aliphatic rings. The van der Waals surface area contributed by atoms with Crippen LogP contribution in [0.3, 0.4) is 0 Å². The molecule has 2 saturated heterocycles. The van der Waals surface area contributed by atoms with Crippen LogP contribution in [0, 0.1) is 5.92 Å². The normalized spacial score (nSPS) is 24.3. The van der Waals surface area contributed by atoms with Gasteiger partial charge in [0.15, 0.2) is 0 Å². The van der Waals surface area contributed by atoms with Gasteiger partial charge in [-0.25, -0.2) is 0 Å². The smallest absolute Gasteiger partial charge is 0.222 e. The minimum Gasteiger partial charge on any atom is -0.341 e. The van der Waals surface area contributed by atoms with Gasteiger partial charge in [0.1, 0.15) is 0 Å². The van der Waals surface area contributed by atoms with Gasteiger partial charge in [0.25, 0.3) is 0 Å². The molecule has 2 fully saturated rings. The summed E-state index contributed by atoms with van der Waals surface area (Å²) in [7, 11) is 0. The summed E-state index contributed by atoms with van der Waals surface area (Å²) < 4.78 is 0. The predicted octanol–water partition coefficient (Wildman–Crippen LogP) is 0.587. The number of carbonyl (C=O) groups is 1. The molecular formula is C13H25N3O. The summed E-state index contributed by atoms with van der Waals surface area (Å²) in [6, 6.07) is 0.423. The fourth-order valence-corrected chi connectivity index (χ4v) is 2.75. The average molecular weight is 239 g/mol. The second-order valence-electron chi connectivity index (χ2n) is 5.45. The van der Waals surface area contributed by atoms with Gasteiger partial charge in [-0.15, -0.1) is 0 Å². The van der Waals surface area contributed by atoms with Gasteiger partial charge in [0.2, 0.25) is 5.91 Å². The highest BCUT2D eigenvalue weighted by molar-refractivity contribution is 5.78. The number of hydrogen-bond acceptors (Lipinski definition) is 3. The lowest BCUT2D eigenvalue weighted by molar-refractivity contribution is -0.127. The fourth-order valence-electron chi connectivity index (χ4n) is 2.75. The molecule has 0 bridgehead atoms. The van der Waals surface area contributed by atoms with Crippen LogP contribution in [0.15, 0.2) is 0 Å². The molecule has 2 rings (SSSR count). The summed E-state index contributed by atoms with van der Waals surface area (Å²) in [6.45, 7) is 7.44. The maximum absolute atomic E-state index is 11.5. The molecule has 1 atom stereocenters. The number of nitrogens with one attached hydrogen (secondary N) is 2. The molecule has 17 heavy (non-hydrogen) atoms. The monoisotopic (exact) mass is 239 g/mol. The number of nitrogens with zero attached hydrogens (tertiary/aromatic N) is 1. The van der Waals surface area contributed by atoms with Crippen molar-refractivity contribution in [2.45, 2.75) is 38.6 Å². The SMILES string of the molecule is CC(CN1CCCC1=O)NCC1CCNCC1. The average Bonchev–Trinajstić information content (AvgIpc) is 2.74. The van der Waals surface area contributed by atoms with E-state index in [0.29, 0.717) is 11.9 Å². The molecule has 0 spiro atoms. The molecular weight excluding hydrogens is 214 g/mol. The van der Waals surface area contributed by atoms with Crippen LogP contribution in [0.1, 0.15) is 32.6 Å². The standard InChI is InChI=1S/C13H25N3O/c1-11(10-16-8-2-3-13(16)17)15-9-12-4-6-14-7-5-12/h11-12,14-15H,2-10H2,1H3. The first kappa shape index (κ1) is 12.8. The Morgan fingerprint density at radius 2 is 2.24 bits per heavy atom. The Bertz CT molecular complexity index is 251. The van der Waals surface area contributed by atoms with Crippen molar-refractivity contribution < 1.29 is 4.79 Å². The van der Waals surface area contributed by atoms with Crippen LogP contribution < -0.4 is 10.6 Å². The number of hydrogen-bond donors (Lipinski definition) is 2. The van der Waals surface area contributed by atoms with Crippen molar-refractivity contribution in [3.05, 3.63) is 0 Å². The second-order valence-corrected chi connectivity index (χ2v) is 5.45. The third-order valence-electron chi connectivity index (χ3n) is 3.88. The lowest BCUT2D eigenvalue weighted by atomic mass is 9.98. The molecule has 98 valence electrons. The zero-order valence-electron chi connectivity index (χ0n) is 10.9. The molecule has 2 N–H and O–H groups in total. The van der Waals surface area contributed by atoms with Crippen LogP contribution in [-0.4, -0.2) is 49.6 Å². The lowest BCUT2D eigenvalue weighted by Gasteiger charge is -2.26. The molecule has 0 aromatic heterocycles. The van der Waals surface area contributed by atoms with Gasteiger partial charge in [0, 0.05) is 25.6 Å². The van der Waals surface area contributed by atoms with E-state index in [4.69, 9.17) is 0 Å². The maximum atomic E-state index is 11.5. The highest BCUT2D eigenvalue weighted by atomic mass is 16.2. The molecule has 0 aromatic rings.